The molecule has 1 aromatic heterocycles. The number of halogens is 3. The molecule has 6 heteroatoms. The predicted octanol–water partition coefficient (Wildman–Crippen LogP) is 3.89. The van der Waals surface area contributed by atoms with Crippen molar-refractivity contribution < 1.29 is 9.13 Å². The van der Waals surface area contributed by atoms with Crippen LogP contribution in [0, 0.1) is 5.82 Å². The Bertz CT molecular complexity index is 580. The minimum absolute atomic E-state index is 0.0862. The van der Waals surface area contributed by atoms with E-state index in [1.807, 2.05) is 0 Å². The molecule has 0 spiro atoms. The SMILES string of the molecule is NCc1ccc(Oc2cncc(Cl)c2)c(F)c1Br. The molecule has 0 saturated heterocycles. The zero-order chi connectivity index (χ0) is 13.1. The molecule has 0 aliphatic heterocycles. The second kappa shape index (κ2) is 5.65. The van der Waals surface area contributed by atoms with Crippen molar-refractivity contribution in [3.05, 3.63) is 51.5 Å². The van der Waals surface area contributed by atoms with Gasteiger partial charge in [-0.25, -0.2) is 4.39 Å². The maximum absolute atomic E-state index is 14.0. The van der Waals surface area contributed by atoms with Crippen LogP contribution in [0.2, 0.25) is 5.02 Å². The monoisotopic (exact) mass is 330 g/mol. The fourth-order valence-electron chi connectivity index (χ4n) is 1.38. The van der Waals surface area contributed by atoms with Gasteiger partial charge in [0.2, 0.25) is 0 Å². The van der Waals surface area contributed by atoms with Gasteiger partial charge >= 0.3 is 0 Å². The fraction of sp³-hybridized carbons (Fsp3) is 0.0833. The van der Waals surface area contributed by atoms with E-state index in [9.17, 15) is 4.39 Å². The first-order valence-corrected chi connectivity index (χ1v) is 6.24. The summed E-state index contributed by atoms with van der Waals surface area (Å²) < 4.78 is 19.6. The van der Waals surface area contributed by atoms with E-state index < -0.39 is 5.82 Å². The molecule has 1 aromatic carbocycles. The van der Waals surface area contributed by atoms with Crippen LogP contribution in [-0.2, 0) is 6.54 Å². The van der Waals surface area contributed by atoms with E-state index in [0.717, 1.165) is 0 Å². The Hall–Kier alpha value is -1.17. The number of hydrogen-bond acceptors (Lipinski definition) is 3. The van der Waals surface area contributed by atoms with Crippen molar-refractivity contribution >= 4 is 27.5 Å². The van der Waals surface area contributed by atoms with E-state index in [1.54, 1.807) is 12.1 Å². The number of pyridine rings is 1. The molecule has 1 heterocycles. The average molecular weight is 332 g/mol. The van der Waals surface area contributed by atoms with E-state index in [2.05, 4.69) is 20.9 Å². The Kier molecular flexibility index (Phi) is 4.16. The number of nitrogens with two attached hydrogens (primary N) is 1. The Labute approximate surface area is 117 Å². The Morgan fingerprint density at radius 2 is 2.17 bits per heavy atom. The lowest BCUT2D eigenvalue weighted by Crippen LogP contribution is -2.00. The summed E-state index contributed by atoms with van der Waals surface area (Å²) in [5, 5.41) is 0.422. The lowest BCUT2D eigenvalue weighted by atomic mass is 10.2. The van der Waals surface area contributed by atoms with E-state index in [4.69, 9.17) is 22.1 Å². The van der Waals surface area contributed by atoms with Crippen molar-refractivity contribution in [2.24, 2.45) is 5.73 Å². The molecule has 0 amide bonds. The highest BCUT2D eigenvalue weighted by atomic mass is 79.9. The van der Waals surface area contributed by atoms with Crippen molar-refractivity contribution in [1.82, 2.24) is 4.98 Å². The Morgan fingerprint density at radius 1 is 1.39 bits per heavy atom. The highest BCUT2D eigenvalue weighted by Crippen LogP contribution is 2.31. The third-order valence-corrected chi connectivity index (χ3v) is 3.32. The third-order valence-electron chi connectivity index (χ3n) is 2.25. The highest BCUT2D eigenvalue weighted by molar-refractivity contribution is 9.10. The molecule has 0 aliphatic carbocycles. The van der Waals surface area contributed by atoms with Gasteiger partial charge in [0.05, 0.1) is 15.7 Å². The van der Waals surface area contributed by atoms with Gasteiger partial charge in [0.1, 0.15) is 5.75 Å². The van der Waals surface area contributed by atoms with Crippen LogP contribution in [-0.4, -0.2) is 4.98 Å². The summed E-state index contributed by atoms with van der Waals surface area (Å²) in [6, 6.07) is 4.77. The molecule has 0 fully saturated rings. The van der Waals surface area contributed by atoms with Gasteiger partial charge in [-0.3, -0.25) is 4.98 Å². The number of ether oxygens (including phenoxy) is 1. The molecule has 0 saturated carbocycles. The van der Waals surface area contributed by atoms with Crippen LogP contribution in [0.5, 0.6) is 11.5 Å². The second-order valence-electron chi connectivity index (χ2n) is 3.50. The summed E-state index contributed by atoms with van der Waals surface area (Å²) in [5.41, 5.74) is 6.15. The standard InChI is InChI=1S/C12H9BrClFN2O/c13-11-7(4-16)1-2-10(12(11)15)18-9-3-8(14)5-17-6-9/h1-3,5-6H,4,16H2. The average Bonchev–Trinajstić information content (AvgIpc) is 2.35. The molecule has 2 N–H and O–H groups in total. The normalized spacial score (nSPS) is 10.4. The van der Waals surface area contributed by atoms with Crippen molar-refractivity contribution in [3.8, 4) is 11.5 Å². The first-order valence-electron chi connectivity index (χ1n) is 5.07. The molecular weight excluding hydrogens is 322 g/mol. The molecule has 18 heavy (non-hydrogen) atoms. The highest BCUT2D eigenvalue weighted by Gasteiger charge is 2.12. The van der Waals surface area contributed by atoms with Crippen molar-refractivity contribution in [2.75, 3.05) is 0 Å². The molecule has 0 radical (unpaired) electrons. The summed E-state index contributed by atoms with van der Waals surface area (Å²) in [4.78, 5) is 3.86. The van der Waals surface area contributed by atoms with E-state index in [1.165, 1.54) is 18.5 Å². The van der Waals surface area contributed by atoms with Gasteiger partial charge < -0.3 is 10.5 Å². The van der Waals surface area contributed by atoms with Crippen molar-refractivity contribution in [1.29, 1.82) is 0 Å². The summed E-state index contributed by atoms with van der Waals surface area (Å²) in [7, 11) is 0. The topological polar surface area (TPSA) is 48.1 Å². The lowest BCUT2D eigenvalue weighted by molar-refractivity contribution is 0.438. The third kappa shape index (κ3) is 2.80. The molecule has 3 nitrogen and oxygen atoms in total. The molecule has 0 unspecified atom stereocenters. The minimum atomic E-state index is -0.502. The van der Waals surface area contributed by atoms with Crippen LogP contribution in [0.3, 0.4) is 0 Å². The van der Waals surface area contributed by atoms with Gasteiger partial charge in [0, 0.05) is 18.8 Å². The van der Waals surface area contributed by atoms with Crippen molar-refractivity contribution in [2.45, 2.75) is 6.54 Å². The zero-order valence-corrected chi connectivity index (χ0v) is 11.5. The van der Waals surface area contributed by atoms with Gasteiger partial charge in [0.15, 0.2) is 11.6 Å². The molecule has 94 valence electrons. The van der Waals surface area contributed by atoms with Crippen LogP contribution in [0.15, 0.2) is 35.1 Å². The second-order valence-corrected chi connectivity index (χ2v) is 4.73. The first kappa shape index (κ1) is 13.3. The molecule has 0 aliphatic rings. The van der Waals surface area contributed by atoms with E-state index >= 15 is 0 Å². The Morgan fingerprint density at radius 3 is 2.83 bits per heavy atom. The quantitative estimate of drug-likeness (QED) is 0.928. The van der Waals surface area contributed by atoms with Gasteiger partial charge in [-0.1, -0.05) is 17.7 Å². The smallest absolute Gasteiger partial charge is 0.180 e. The number of aromatic nitrogens is 1. The maximum Gasteiger partial charge on any atom is 0.180 e. The summed E-state index contributed by atoms with van der Waals surface area (Å²) in [6.45, 7) is 0.247. The van der Waals surface area contributed by atoms with E-state index in [-0.39, 0.29) is 12.3 Å². The van der Waals surface area contributed by atoms with Crippen LogP contribution in [0.1, 0.15) is 5.56 Å². The Balaban J connectivity index is 2.33. The summed E-state index contributed by atoms with van der Waals surface area (Å²) in [5.74, 6) is -0.0464. The summed E-state index contributed by atoms with van der Waals surface area (Å²) >= 11 is 8.91. The number of rotatable bonds is 3. The zero-order valence-electron chi connectivity index (χ0n) is 9.16. The van der Waals surface area contributed by atoms with Gasteiger partial charge in [-0.05, 0) is 27.6 Å². The van der Waals surface area contributed by atoms with Gasteiger partial charge in [0.25, 0.3) is 0 Å². The molecule has 0 bridgehead atoms. The van der Waals surface area contributed by atoms with Gasteiger partial charge in [-0.15, -0.1) is 0 Å². The summed E-state index contributed by atoms with van der Waals surface area (Å²) in [6.07, 6.45) is 2.92. The maximum atomic E-state index is 14.0. The largest absolute Gasteiger partial charge is 0.453 e. The fourth-order valence-corrected chi connectivity index (χ4v) is 2.04. The molecular formula is C12H9BrClFN2O. The number of benzene rings is 1. The molecule has 2 rings (SSSR count). The lowest BCUT2D eigenvalue weighted by Gasteiger charge is -2.09. The van der Waals surface area contributed by atoms with Crippen LogP contribution >= 0.6 is 27.5 Å². The molecule has 0 atom stereocenters. The first-order chi connectivity index (χ1) is 8.61. The van der Waals surface area contributed by atoms with Gasteiger partial charge in [-0.2, -0.15) is 0 Å². The minimum Gasteiger partial charge on any atom is -0.453 e. The van der Waals surface area contributed by atoms with Crippen LogP contribution in [0.25, 0.3) is 0 Å². The number of nitrogens with zero attached hydrogens (tertiary/aromatic N) is 1. The molecule has 2 aromatic rings. The number of hydrogen-bond donors (Lipinski definition) is 1. The predicted molar refractivity (Wildman–Crippen MR) is 71.3 cm³/mol. The van der Waals surface area contributed by atoms with Crippen LogP contribution < -0.4 is 10.5 Å². The van der Waals surface area contributed by atoms with E-state index in [0.29, 0.717) is 20.8 Å². The van der Waals surface area contributed by atoms with Crippen LogP contribution in [0.4, 0.5) is 4.39 Å². The van der Waals surface area contributed by atoms with Crippen molar-refractivity contribution in [3.63, 3.8) is 0 Å².